The van der Waals surface area contributed by atoms with Gasteiger partial charge in [0.15, 0.2) is 0 Å². The van der Waals surface area contributed by atoms with E-state index in [2.05, 4.69) is 10.6 Å². The van der Waals surface area contributed by atoms with Gasteiger partial charge >= 0.3 is 11.8 Å². The lowest BCUT2D eigenvalue weighted by Crippen LogP contribution is -2.47. The summed E-state index contributed by atoms with van der Waals surface area (Å²) < 4.78 is 27.9. The summed E-state index contributed by atoms with van der Waals surface area (Å²) in [5, 5.41) is 5.23. The van der Waals surface area contributed by atoms with E-state index in [1.807, 2.05) is 43.3 Å². The molecule has 1 saturated heterocycles. The number of hydrogen-bond acceptors (Lipinski definition) is 4. The molecule has 0 bridgehead atoms. The van der Waals surface area contributed by atoms with E-state index in [1.165, 1.54) is 9.87 Å². The Labute approximate surface area is 190 Å². The number of rotatable bonds is 8. The molecule has 1 aliphatic heterocycles. The number of amides is 2. The highest BCUT2D eigenvalue weighted by molar-refractivity contribution is 7.89. The molecule has 0 radical (unpaired) electrons. The van der Waals surface area contributed by atoms with Crippen molar-refractivity contribution in [2.24, 2.45) is 0 Å². The van der Waals surface area contributed by atoms with Gasteiger partial charge in [0.1, 0.15) is 0 Å². The summed E-state index contributed by atoms with van der Waals surface area (Å²) in [5.74, 6) is -1.43. The molecule has 32 heavy (non-hydrogen) atoms. The molecule has 172 valence electrons. The standard InChI is InChI=1S/C24H31N3O4S/c1-18-12-13-19(2)22(16-18)32(30,31)27-15-7-11-21(27)17-26-24(29)23(28)25-14-6-10-20-8-4-3-5-9-20/h3-5,8-9,12-13,16,21H,6-7,10-11,14-15,17H2,1-2H3,(H,25,28)(H,26,29)/t21-/m0/s1. The van der Waals surface area contributed by atoms with Crippen molar-refractivity contribution in [3.63, 3.8) is 0 Å². The van der Waals surface area contributed by atoms with Crippen LogP contribution in [0.3, 0.4) is 0 Å². The number of nitrogens with zero attached hydrogens (tertiary/aromatic N) is 1. The van der Waals surface area contributed by atoms with Crippen LogP contribution in [-0.4, -0.2) is 50.2 Å². The molecule has 2 aromatic carbocycles. The predicted molar refractivity (Wildman–Crippen MR) is 124 cm³/mol. The Balaban J connectivity index is 1.50. The van der Waals surface area contributed by atoms with Crippen molar-refractivity contribution >= 4 is 21.8 Å². The molecular weight excluding hydrogens is 426 g/mol. The zero-order valence-corrected chi connectivity index (χ0v) is 19.5. The maximum atomic E-state index is 13.2. The van der Waals surface area contributed by atoms with Gasteiger partial charge in [0, 0.05) is 25.7 Å². The Bertz CT molecular complexity index is 1050. The van der Waals surface area contributed by atoms with Crippen LogP contribution in [0.25, 0.3) is 0 Å². The van der Waals surface area contributed by atoms with E-state index < -0.39 is 21.8 Å². The number of nitrogens with one attached hydrogen (secondary N) is 2. The van der Waals surface area contributed by atoms with Crippen molar-refractivity contribution < 1.29 is 18.0 Å². The summed E-state index contributed by atoms with van der Waals surface area (Å²) in [6.45, 7) is 4.56. The lowest BCUT2D eigenvalue weighted by Gasteiger charge is -2.25. The van der Waals surface area contributed by atoms with Gasteiger partial charge in [-0.3, -0.25) is 9.59 Å². The van der Waals surface area contributed by atoms with E-state index in [9.17, 15) is 18.0 Å². The molecule has 0 spiro atoms. The van der Waals surface area contributed by atoms with Crippen molar-refractivity contribution in [3.05, 3.63) is 65.2 Å². The molecule has 0 aliphatic carbocycles. The third kappa shape index (κ3) is 5.95. The molecule has 7 nitrogen and oxygen atoms in total. The minimum absolute atomic E-state index is 0.111. The lowest BCUT2D eigenvalue weighted by atomic mass is 10.1. The fourth-order valence-corrected chi connectivity index (χ4v) is 5.96. The third-order valence-corrected chi connectivity index (χ3v) is 7.82. The lowest BCUT2D eigenvalue weighted by molar-refractivity contribution is -0.139. The second kappa shape index (κ2) is 10.7. The molecule has 2 aromatic rings. The van der Waals surface area contributed by atoms with Crippen molar-refractivity contribution in [1.82, 2.24) is 14.9 Å². The minimum Gasteiger partial charge on any atom is -0.348 e. The average molecular weight is 458 g/mol. The molecule has 1 heterocycles. The van der Waals surface area contributed by atoms with Crippen LogP contribution in [0, 0.1) is 13.8 Å². The fourth-order valence-electron chi connectivity index (χ4n) is 3.95. The van der Waals surface area contributed by atoms with Crippen LogP contribution in [-0.2, 0) is 26.0 Å². The van der Waals surface area contributed by atoms with Gasteiger partial charge < -0.3 is 10.6 Å². The highest BCUT2D eigenvalue weighted by Crippen LogP contribution is 2.28. The fraction of sp³-hybridized carbons (Fsp3) is 0.417. The number of sulfonamides is 1. The number of benzene rings is 2. The second-order valence-corrected chi connectivity index (χ2v) is 10.1. The maximum absolute atomic E-state index is 13.2. The number of hydrogen-bond donors (Lipinski definition) is 2. The number of aryl methyl sites for hydroxylation is 3. The Kier molecular flexibility index (Phi) is 8.04. The van der Waals surface area contributed by atoms with Crippen LogP contribution in [0.5, 0.6) is 0 Å². The van der Waals surface area contributed by atoms with Crippen molar-refractivity contribution in [3.8, 4) is 0 Å². The van der Waals surface area contributed by atoms with E-state index >= 15 is 0 Å². The molecule has 1 aliphatic rings. The van der Waals surface area contributed by atoms with Crippen LogP contribution >= 0.6 is 0 Å². The summed E-state index contributed by atoms with van der Waals surface area (Å²) >= 11 is 0. The van der Waals surface area contributed by atoms with Crippen LogP contribution < -0.4 is 10.6 Å². The van der Waals surface area contributed by atoms with E-state index in [0.717, 1.165) is 24.8 Å². The Morgan fingerprint density at radius 1 is 1.03 bits per heavy atom. The van der Waals surface area contributed by atoms with E-state index in [4.69, 9.17) is 0 Å². The smallest absolute Gasteiger partial charge is 0.309 e. The molecule has 1 atom stereocenters. The topological polar surface area (TPSA) is 95.6 Å². The zero-order chi connectivity index (χ0) is 23.1. The molecule has 2 N–H and O–H groups in total. The Morgan fingerprint density at radius 3 is 2.50 bits per heavy atom. The largest absolute Gasteiger partial charge is 0.348 e. The van der Waals surface area contributed by atoms with E-state index in [-0.39, 0.29) is 12.6 Å². The second-order valence-electron chi connectivity index (χ2n) is 8.24. The SMILES string of the molecule is Cc1ccc(C)c(S(=O)(=O)N2CCC[C@H]2CNC(=O)C(=O)NCCCc2ccccc2)c1. The van der Waals surface area contributed by atoms with Gasteiger partial charge in [0.05, 0.1) is 4.90 Å². The van der Waals surface area contributed by atoms with Gasteiger partial charge in [0.2, 0.25) is 10.0 Å². The first-order chi connectivity index (χ1) is 15.3. The molecule has 0 aromatic heterocycles. The molecular formula is C24H31N3O4S. The number of carbonyl (C=O) groups is 2. The Hall–Kier alpha value is -2.71. The normalized spacial score (nSPS) is 16.6. The van der Waals surface area contributed by atoms with Crippen LogP contribution in [0.2, 0.25) is 0 Å². The monoisotopic (exact) mass is 457 g/mol. The van der Waals surface area contributed by atoms with Gasteiger partial charge in [0.25, 0.3) is 0 Å². The van der Waals surface area contributed by atoms with Gasteiger partial charge in [-0.25, -0.2) is 8.42 Å². The van der Waals surface area contributed by atoms with Gasteiger partial charge in [-0.1, -0.05) is 42.5 Å². The molecule has 1 fully saturated rings. The van der Waals surface area contributed by atoms with Gasteiger partial charge in [-0.15, -0.1) is 0 Å². The van der Waals surface area contributed by atoms with Crippen LogP contribution in [0.4, 0.5) is 0 Å². The molecule has 3 rings (SSSR count). The molecule has 0 unspecified atom stereocenters. The molecule has 8 heteroatoms. The van der Waals surface area contributed by atoms with Crippen molar-refractivity contribution in [2.75, 3.05) is 19.6 Å². The van der Waals surface area contributed by atoms with E-state index in [1.54, 1.807) is 19.1 Å². The van der Waals surface area contributed by atoms with Crippen molar-refractivity contribution in [2.45, 2.75) is 50.5 Å². The van der Waals surface area contributed by atoms with Gasteiger partial charge in [-0.05, 0) is 62.3 Å². The first kappa shape index (κ1) is 23.9. The highest BCUT2D eigenvalue weighted by atomic mass is 32.2. The average Bonchev–Trinajstić information content (AvgIpc) is 3.27. The number of carbonyl (C=O) groups excluding carboxylic acids is 2. The Morgan fingerprint density at radius 2 is 1.75 bits per heavy atom. The van der Waals surface area contributed by atoms with Crippen molar-refractivity contribution in [1.29, 1.82) is 0 Å². The third-order valence-electron chi connectivity index (χ3n) is 5.73. The molecule has 2 amide bonds. The summed E-state index contributed by atoms with van der Waals surface area (Å²) in [4.78, 5) is 24.6. The summed E-state index contributed by atoms with van der Waals surface area (Å²) in [7, 11) is -3.67. The maximum Gasteiger partial charge on any atom is 0.309 e. The van der Waals surface area contributed by atoms with Crippen LogP contribution in [0.1, 0.15) is 36.0 Å². The van der Waals surface area contributed by atoms with E-state index in [0.29, 0.717) is 30.0 Å². The molecule has 0 saturated carbocycles. The zero-order valence-electron chi connectivity index (χ0n) is 18.6. The highest BCUT2D eigenvalue weighted by Gasteiger charge is 2.36. The first-order valence-electron chi connectivity index (χ1n) is 11.0. The first-order valence-corrected chi connectivity index (χ1v) is 12.4. The van der Waals surface area contributed by atoms with Crippen LogP contribution in [0.15, 0.2) is 53.4 Å². The summed E-state index contributed by atoms with van der Waals surface area (Å²) in [6.07, 6.45) is 2.91. The summed E-state index contributed by atoms with van der Waals surface area (Å²) in [6, 6.07) is 14.9. The quantitative estimate of drug-likeness (QED) is 0.470. The van der Waals surface area contributed by atoms with Gasteiger partial charge in [-0.2, -0.15) is 4.31 Å². The minimum atomic E-state index is -3.67. The summed E-state index contributed by atoms with van der Waals surface area (Å²) in [5.41, 5.74) is 2.75. The predicted octanol–water partition coefficient (Wildman–Crippen LogP) is 2.32.